The number of aliphatic hydroxyl groups excluding tert-OH is 1. The van der Waals surface area contributed by atoms with E-state index in [2.05, 4.69) is 4.90 Å². The summed E-state index contributed by atoms with van der Waals surface area (Å²) in [6, 6.07) is 15.5. The molecule has 1 N–H and O–H groups in total. The minimum Gasteiger partial charge on any atom is -0.497 e. The average Bonchev–Trinajstić information content (AvgIpc) is 2.48. The molecule has 0 fully saturated rings. The molecule has 0 radical (unpaired) electrons. The van der Waals surface area contributed by atoms with Gasteiger partial charge in [0.15, 0.2) is 0 Å². The van der Waals surface area contributed by atoms with Crippen LogP contribution in [0.4, 0.5) is 0 Å². The molecule has 2 aromatic carbocycles. The van der Waals surface area contributed by atoms with E-state index in [4.69, 9.17) is 14.6 Å². The highest BCUT2D eigenvalue weighted by Crippen LogP contribution is 2.25. The van der Waals surface area contributed by atoms with E-state index in [1.807, 2.05) is 55.6 Å². The molecule has 0 aliphatic carbocycles. The lowest BCUT2D eigenvalue weighted by Crippen LogP contribution is -2.21. The molecule has 4 heteroatoms. The number of rotatable bonds is 7. The number of hydrogen-bond acceptors (Lipinski definition) is 4. The maximum atomic E-state index is 8.94. The molecule has 2 rings (SSSR count). The van der Waals surface area contributed by atoms with Gasteiger partial charge in [0.25, 0.3) is 0 Å². The van der Waals surface area contributed by atoms with E-state index in [1.165, 1.54) is 0 Å². The smallest absolute Gasteiger partial charge is 0.131 e. The summed E-state index contributed by atoms with van der Waals surface area (Å²) in [4.78, 5) is 2.06. The molecule has 21 heavy (non-hydrogen) atoms. The van der Waals surface area contributed by atoms with Crippen molar-refractivity contribution in [1.82, 2.24) is 4.90 Å². The topological polar surface area (TPSA) is 41.9 Å². The first kappa shape index (κ1) is 15.4. The van der Waals surface area contributed by atoms with Gasteiger partial charge in [-0.15, -0.1) is 0 Å². The fourth-order valence-corrected chi connectivity index (χ4v) is 2.07. The van der Waals surface area contributed by atoms with E-state index in [1.54, 1.807) is 7.11 Å². The highest BCUT2D eigenvalue weighted by atomic mass is 16.5. The van der Waals surface area contributed by atoms with Gasteiger partial charge in [0.05, 0.1) is 13.7 Å². The lowest BCUT2D eigenvalue weighted by Gasteiger charge is -2.15. The highest BCUT2D eigenvalue weighted by molar-refractivity contribution is 5.38. The molecule has 0 amide bonds. The third kappa shape index (κ3) is 4.77. The van der Waals surface area contributed by atoms with Gasteiger partial charge >= 0.3 is 0 Å². The minimum atomic E-state index is 0.163. The summed E-state index contributed by atoms with van der Waals surface area (Å²) in [7, 11) is 3.61. The second-order valence-electron chi connectivity index (χ2n) is 4.89. The van der Waals surface area contributed by atoms with E-state index in [0.29, 0.717) is 6.54 Å². The predicted octanol–water partition coefficient (Wildman–Crippen LogP) is 2.91. The van der Waals surface area contributed by atoms with E-state index >= 15 is 0 Å². The third-order valence-electron chi connectivity index (χ3n) is 3.11. The summed E-state index contributed by atoms with van der Waals surface area (Å²) in [6.45, 7) is 1.59. The van der Waals surface area contributed by atoms with Gasteiger partial charge in [-0.25, -0.2) is 0 Å². The summed E-state index contributed by atoms with van der Waals surface area (Å²) in [5.41, 5.74) is 1.14. The number of benzene rings is 2. The van der Waals surface area contributed by atoms with Crippen LogP contribution in [0.5, 0.6) is 17.2 Å². The van der Waals surface area contributed by atoms with E-state index < -0.39 is 0 Å². The monoisotopic (exact) mass is 287 g/mol. The van der Waals surface area contributed by atoms with Crippen LogP contribution in [0.3, 0.4) is 0 Å². The third-order valence-corrected chi connectivity index (χ3v) is 3.11. The molecule has 0 atom stereocenters. The molecule has 0 saturated heterocycles. The Kier molecular flexibility index (Phi) is 5.60. The highest BCUT2D eigenvalue weighted by Gasteiger charge is 2.03. The van der Waals surface area contributed by atoms with E-state index in [0.717, 1.165) is 29.4 Å². The summed E-state index contributed by atoms with van der Waals surface area (Å²) in [5.74, 6) is 2.31. The maximum absolute atomic E-state index is 8.94. The van der Waals surface area contributed by atoms with Gasteiger partial charge in [0, 0.05) is 19.2 Å². The molecule has 2 aromatic rings. The Labute approximate surface area is 125 Å². The quantitative estimate of drug-likeness (QED) is 0.850. The van der Waals surface area contributed by atoms with Crippen LogP contribution in [0.1, 0.15) is 5.56 Å². The molecule has 0 heterocycles. The van der Waals surface area contributed by atoms with Crippen LogP contribution >= 0.6 is 0 Å². The SMILES string of the molecule is COc1cccc(Oc2cccc(CN(C)CCO)c2)c1. The number of nitrogens with zero attached hydrogens (tertiary/aromatic N) is 1. The number of methoxy groups -OCH3 is 1. The van der Waals surface area contributed by atoms with Crippen LogP contribution in [0.2, 0.25) is 0 Å². The Morgan fingerprint density at radius 2 is 1.67 bits per heavy atom. The lowest BCUT2D eigenvalue weighted by molar-refractivity contribution is 0.217. The van der Waals surface area contributed by atoms with Crippen LogP contribution in [-0.2, 0) is 6.54 Å². The predicted molar refractivity (Wildman–Crippen MR) is 82.9 cm³/mol. The van der Waals surface area contributed by atoms with Crippen molar-refractivity contribution in [2.45, 2.75) is 6.54 Å². The Bertz CT molecular complexity index is 571. The fraction of sp³-hybridized carbons (Fsp3) is 0.294. The van der Waals surface area contributed by atoms with Crippen LogP contribution < -0.4 is 9.47 Å². The number of hydrogen-bond donors (Lipinski definition) is 1. The molecule has 112 valence electrons. The molecule has 0 aliphatic rings. The van der Waals surface area contributed by atoms with Crippen molar-refractivity contribution >= 4 is 0 Å². The molecular weight excluding hydrogens is 266 g/mol. The zero-order chi connectivity index (χ0) is 15.1. The van der Waals surface area contributed by atoms with Crippen molar-refractivity contribution in [2.75, 3.05) is 27.3 Å². The number of aliphatic hydroxyl groups is 1. The lowest BCUT2D eigenvalue weighted by atomic mass is 10.2. The molecule has 0 aliphatic heterocycles. The maximum Gasteiger partial charge on any atom is 0.131 e. The molecule has 0 spiro atoms. The fourth-order valence-electron chi connectivity index (χ4n) is 2.07. The number of ether oxygens (including phenoxy) is 2. The molecule has 0 unspecified atom stereocenters. The van der Waals surface area contributed by atoms with E-state index in [9.17, 15) is 0 Å². The first-order chi connectivity index (χ1) is 10.2. The number of likely N-dealkylation sites (N-methyl/N-ethyl adjacent to an activating group) is 1. The normalized spacial score (nSPS) is 10.7. The van der Waals surface area contributed by atoms with Crippen molar-refractivity contribution in [3.8, 4) is 17.2 Å². The van der Waals surface area contributed by atoms with Gasteiger partial charge in [-0.3, -0.25) is 4.90 Å². The van der Waals surface area contributed by atoms with Crippen LogP contribution in [0.15, 0.2) is 48.5 Å². The zero-order valence-electron chi connectivity index (χ0n) is 12.5. The Balaban J connectivity index is 2.06. The average molecular weight is 287 g/mol. The van der Waals surface area contributed by atoms with Crippen LogP contribution in [-0.4, -0.2) is 37.3 Å². The van der Waals surface area contributed by atoms with Crippen molar-refractivity contribution in [1.29, 1.82) is 0 Å². The Morgan fingerprint density at radius 3 is 2.38 bits per heavy atom. The second-order valence-corrected chi connectivity index (χ2v) is 4.89. The minimum absolute atomic E-state index is 0.163. The van der Waals surface area contributed by atoms with Gasteiger partial charge in [-0.2, -0.15) is 0 Å². The van der Waals surface area contributed by atoms with Crippen molar-refractivity contribution in [3.05, 3.63) is 54.1 Å². The molecule has 0 bridgehead atoms. The van der Waals surface area contributed by atoms with Gasteiger partial charge in [0.1, 0.15) is 17.2 Å². The van der Waals surface area contributed by atoms with E-state index in [-0.39, 0.29) is 6.61 Å². The van der Waals surface area contributed by atoms with Gasteiger partial charge in [0.2, 0.25) is 0 Å². The van der Waals surface area contributed by atoms with Gasteiger partial charge < -0.3 is 14.6 Å². The Hall–Kier alpha value is -2.04. The van der Waals surface area contributed by atoms with Gasteiger partial charge in [-0.05, 0) is 36.9 Å². The first-order valence-corrected chi connectivity index (χ1v) is 6.91. The first-order valence-electron chi connectivity index (χ1n) is 6.91. The Morgan fingerprint density at radius 1 is 1.00 bits per heavy atom. The summed E-state index contributed by atoms with van der Waals surface area (Å²) in [6.07, 6.45) is 0. The van der Waals surface area contributed by atoms with Gasteiger partial charge in [-0.1, -0.05) is 18.2 Å². The van der Waals surface area contributed by atoms with Crippen LogP contribution in [0, 0.1) is 0 Å². The molecule has 4 nitrogen and oxygen atoms in total. The summed E-state index contributed by atoms with van der Waals surface area (Å²) in [5, 5.41) is 8.94. The zero-order valence-corrected chi connectivity index (χ0v) is 12.5. The van der Waals surface area contributed by atoms with Crippen molar-refractivity contribution in [3.63, 3.8) is 0 Å². The second kappa shape index (κ2) is 7.67. The van der Waals surface area contributed by atoms with Crippen LogP contribution in [0.25, 0.3) is 0 Å². The van der Waals surface area contributed by atoms with Crippen molar-refractivity contribution < 1.29 is 14.6 Å². The molecular formula is C17H21NO3. The largest absolute Gasteiger partial charge is 0.497 e. The molecule has 0 aromatic heterocycles. The molecule has 0 saturated carbocycles. The summed E-state index contributed by atoms with van der Waals surface area (Å²) >= 11 is 0. The van der Waals surface area contributed by atoms with Crippen molar-refractivity contribution in [2.24, 2.45) is 0 Å². The summed E-state index contributed by atoms with van der Waals surface area (Å²) < 4.78 is 11.0. The standard InChI is InChI=1S/C17H21NO3/c1-18(9-10-19)13-14-5-3-7-16(11-14)21-17-8-4-6-15(12-17)20-2/h3-8,11-12,19H,9-10,13H2,1-2H3.